The monoisotopic (exact) mass is 374 g/mol. The predicted octanol–water partition coefficient (Wildman–Crippen LogP) is 3.31. The molecule has 1 saturated carbocycles. The molecular weight excluding hydrogens is 354 g/mol. The number of anilines is 1. The van der Waals surface area contributed by atoms with Crippen LogP contribution in [0.15, 0.2) is 36.7 Å². The van der Waals surface area contributed by atoms with Gasteiger partial charge in [-0.1, -0.05) is 6.42 Å². The van der Waals surface area contributed by atoms with Crippen LogP contribution in [0.1, 0.15) is 25.7 Å². The number of aromatic nitrogens is 2. The standard InChI is InChI=1S/C16H19FN4O.2ClH/c17-13-10-12(5-6-15(13)21-8-2-7-19-21)20-16(22)9-11-3-1-4-14(11)18;;/h2,5-8,10-11,14H,1,3-4,9,18H2,(H,20,22);2*1H/t11-,14+;;/m0../s1. The molecule has 0 unspecified atom stereocenters. The highest BCUT2D eigenvalue weighted by atomic mass is 35.5. The molecule has 24 heavy (non-hydrogen) atoms. The number of benzene rings is 1. The van der Waals surface area contributed by atoms with E-state index in [0.717, 1.165) is 19.3 Å². The van der Waals surface area contributed by atoms with Crippen LogP contribution in [0.4, 0.5) is 10.1 Å². The maximum atomic E-state index is 14.1. The summed E-state index contributed by atoms with van der Waals surface area (Å²) >= 11 is 0. The molecule has 0 aliphatic heterocycles. The first-order chi connectivity index (χ1) is 10.6. The van der Waals surface area contributed by atoms with E-state index in [-0.39, 0.29) is 42.7 Å². The van der Waals surface area contributed by atoms with Gasteiger partial charge in [-0.15, -0.1) is 24.8 Å². The molecule has 3 rings (SSSR count). The van der Waals surface area contributed by atoms with Crippen molar-refractivity contribution < 1.29 is 9.18 Å². The van der Waals surface area contributed by atoms with E-state index in [4.69, 9.17) is 5.73 Å². The number of nitrogens with one attached hydrogen (secondary N) is 1. The molecule has 1 aliphatic carbocycles. The Hall–Kier alpha value is -1.63. The molecule has 0 bridgehead atoms. The second kappa shape index (κ2) is 9.01. The van der Waals surface area contributed by atoms with Crippen LogP contribution in [-0.2, 0) is 4.79 Å². The molecule has 1 aromatic heterocycles. The lowest BCUT2D eigenvalue weighted by Crippen LogP contribution is -2.28. The Kier molecular flexibility index (Phi) is 7.66. The first kappa shape index (κ1) is 20.4. The SMILES string of the molecule is Cl.Cl.N[C@@H]1CCC[C@H]1CC(=O)Nc1ccc(-n2cccn2)c(F)c1. The number of nitrogens with zero attached hydrogens (tertiary/aromatic N) is 2. The highest BCUT2D eigenvalue weighted by Crippen LogP contribution is 2.27. The molecule has 1 aliphatic rings. The van der Waals surface area contributed by atoms with Crippen LogP contribution >= 0.6 is 24.8 Å². The van der Waals surface area contributed by atoms with E-state index in [0.29, 0.717) is 17.8 Å². The third kappa shape index (κ3) is 4.69. The molecule has 0 radical (unpaired) electrons. The minimum Gasteiger partial charge on any atom is -0.327 e. The normalized spacial score (nSPS) is 19.2. The largest absolute Gasteiger partial charge is 0.327 e. The van der Waals surface area contributed by atoms with Gasteiger partial charge >= 0.3 is 0 Å². The van der Waals surface area contributed by atoms with Crippen molar-refractivity contribution in [2.75, 3.05) is 5.32 Å². The summed E-state index contributed by atoms with van der Waals surface area (Å²) in [6, 6.07) is 6.40. The molecular formula is C16H21Cl2FN4O. The van der Waals surface area contributed by atoms with Crippen molar-refractivity contribution in [1.29, 1.82) is 0 Å². The number of rotatable bonds is 4. The highest BCUT2D eigenvalue weighted by molar-refractivity contribution is 5.91. The fourth-order valence-electron chi connectivity index (χ4n) is 2.95. The predicted molar refractivity (Wildman–Crippen MR) is 96.6 cm³/mol. The van der Waals surface area contributed by atoms with Crippen LogP contribution in [0.5, 0.6) is 0 Å². The minimum absolute atomic E-state index is 0. The van der Waals surface area contributed by atoms with E-state index in [1.54, 1.807) is 30.6 Å². The molecule has 2 aromatic rings. The van der Waals surface area contributed by atoms with E-state index >= 15 is 0 Å². The molecule has 1 fully saturated rings. The quantitative estimate of drug-likeness (QED) is 0.861. The fourth-order valence-corrected chi connectivity index (χ4v) is 2.95. The second-order valence-electron chi connectivity index (χ2n) is 5.72. The lowest BCUT2D eigenvalue weighted by atomic mass is 10.00. The fraction of sp³-hybridized carbons (Fsp3) is 0.375. The average Bonchev–Trinajstić information content (AvgIpc) is 3.12. The van der Waals surface area contributed by atoms with Gasteiger partial charge in [0.15, 0.2) is 5.82 Å². The van der Waals surface area contributed by atoms with Crippen LogP contribution in [0, 0.1) is 11.7 Å². The van der Waals surface area contributed by atoms with Gasteiger partial charge in [-0.05, 0) is 43.0 Å². The molecule has 2 atom stereocenters. The molecule has 0 saturated heterocycles. The summed E-state index contributed by atoms with van der Waals surface area (Å²) in [4.78, 5) is 12.0. The highest BCUT2D eigenvalue weighted by Gasteiger charge is 2.26. The summed E-state index contributed by atoms with van der Waals surface area (Å²) in [5.74, 6) is -0.319. The van der Waals surface area contributed by atoms with Gasteiger partial charge in [-0.25, -0.2) is 9.07 Å². The number of carbonyl (C=O) groups is 1. The van der Waals surface area contributed by atoms with Crippen molar-refractivity contribution >= 4 is 36.4 Å². The molecule has 5 nitrogen and oxygen atoms in total. The lowest BCUT2D eigenvalue weighted by molar-refractivity contribution is -0.117. The maximum absolute atomic E-state index is 14.1. The lowest BCUT2D eigenvalue weighted by Gasteiger charge is -2.15. The van der Waals surface area contributed by atoms with Crippen LogP contribution < -0.4 is 11.1 Å². The van der Waals surface area contributed by atoms with E-state index in [9.17, 15) is 9.18 Å². The van der Waals surface area contributed by atoms with E-state index < -0.39 is 5.82 Å². The summed E-state index contributed by atoms with van der Waals surface area (Å²) in [5, 5.41) is 6.73. The van der Waals surface area contributed by atoms with E-state index in [2.05, 4.69) is 10.4 Å². The van der Waals surface area contributed by atoms with E-state index in [1.165, 1.54) is 10.7 Å². The Bertz CT molecular complexity index is 666. The number of hydrogen-bond donors (Lipinski definition) is 2. The smallest absolute Gasteiger partial charge is 0.224 e. The zero-order valence-corrected chi connectivity index (χ0v) is 14.7. The van der Waals surface area contributed by atoms with Gasteiger partial charge in [-0.3, -0.25) is 4.79 Å². The van der Waals surface area contributed by atoms with Crippen molar-refractivity contribution in [2.24, 2.45) is 11.7 Å². The Balaban J connectivity index is 0.00000144. The van der Waals surface area contributed by atoms with E-state index in [1.807, 2.05) is 0 Å². The van der Waals surface area contributed by atoms with Crippen LogP contribution in [0.25, 0.3) is 5.69 Å². The van der Waals surface area contributed by atoms with Crippen molar-refractivity contribution in [3.8, 4) is 5.69 Å². The summed E-state index contributed by atoms with van der Waals surface area (Å²) in [6.45, 7) is 0. The van der Waals surface area contributed by atoms with Gasteiger partial charge in [0.05, 0.1) is 0 Å². The van der Waals surface area contributed by atoms with Crippen molar-refractivity contribution in [2.45, 2.75) is 31.7 Å². The number of nitrogens with two attached hydrogens (primary N) is 1. The molecule has 1 aromatic carbocycles. The molecule has 1 amide bonds. The Morgan fingerprint density at radius 2 is 2.17 bits per heavy atom. The van der Waals surface area contributed by atoms with Crippen LogP contribution in [0.2, 0.25) is 0 Å². The third-order valence-electron chi connectivity index (χ3n) is 4.15. The first-order valence-electron chi connectivity index (χ1n) is 7.48. The topological polar surface area (TPSA) is 72.9 Å². The number of halogens is 3. The van der Waals surface area contributed by atoms with Gasteiger partial charge in [0.2, 0.25) is 5.91 Å². The van der Waals surface area contributed by atoms with Crippen LogP contribution in [-0.4, -0.2) is 21.7 Å². The summed E-state index contributed by atoms with van der Waals surface area (Å²) in [6.07, 6.45) is 6.68. The van der Waals surface area contributed by atoms with Gasteiger partial charge in [0.1, 0.15) is 5.69 Å². The molecule has 1 heterocycles. The third-order valence-corrected chi connectivity index (χ3v) is 4.15. The number of hydrogen-bond acceptors (Lipinski definition) is 3. The number of amides is 1. The maximum Gasteiger partial charge on any atom is 0.224 e. The Morgan fingerprint density at radius 1 is 1.38 bits per heavy atom. The molecule has 3 N–H and O–H groups in total. The Morgan fingerprint density at radius 3 is 2.75 bits per heavy atom. The van der Waals surface area contributed by atoms with Crippen LogP contribution in [0.3, 0.4) is 0 Å². The van der Waals surface area contributed by atoms with Gasteiger partial charge in [0, 0.05) is 30.5 Å². The summed E-state index contributed by atoms with van der Waals surface area (Å²) in [7, 11) is 0. The zero-order valence-electron chi connectivity index (χ0n) is 13.0. The van der Waals surface area contributed by atoms with Gasteiger partial charge < -0.3 is 11.1 Å². The molecule has 0 spiro atoms. The second-order valence-corrected chi connectivity index (χ2v) is 5.72. The average molecular weight is 375 g/mol. The number of carbonyl (C=O) groups excluding carboxylic acids is 1. The summed E-state index contributed by atoms with van der Waals surface area (Å²) < 4.78 is 15.5. The molecule has 8 heteroatoms. The minimum atomic E-state index is -0.431. The van der Waals surface area contributed by atoms with Crippen molar-refractivity contribution in [3.63, 3.8) is 0 Å². The first-order valence-corrected chi connectivity index (χ1v) is 7.48. The molecule has 132 valence electrons. The van der Waals surface area contributed by atoms with Gasteiger partial charge in [-0.2, -0.15) is 5.10 Å². The Labute approximate surface area is 152 Å². The van der Waals surface area contributed by atoms with Crippen molar-refractivity contribution in [3.05, 3.63) is 42.5 Å². The van der Waals surface area contributed by atoms with Crippen molar-refractivity contribution in [1.82, 2.24) is 9.78 Å². The zero-order chi connectivity index (χ0) is 15.5. The van der Waals surface area contributed by atoms with Gasteiger partial charge in [0.25, 0.3) is 0 Å². The summed E-state index contributed by atoms with van der Waals surface area (Å²) in [5.41, 5.74) is 6.77.